The van der Waals surface area contributed by atoms with Crippen LogP contribution in [0.15, 0.2) is 53.3 Å². The van der Waals surface area contributed by atoms with Gasteiger partial charge in [-0.05, 0) is 42.5 Å². The van der Waals surface area contributed by atoms with Crippen molar-refractivity contribution in [1.82, 2.24) is 14.5 Å². The summed E-state index contributed by atoms with van der Waals surface area (Å²) in [6.45, 7) is 2.25. The number of aryl methyl sites for hydroxylation is 2. The molecule has 0 spiro atoms. The number of carbonyl (C=O) groups is 2. The molecule has 1 aliphatic carbocycles. The summed E-state index contributed by atoms with van der Waals surface area (Å²) in [4.78, 5) is 43.8. The van der Waals surface area contributed by atoms with Gasteiger partial charge in [0.05, 0.1) is 17.3 Å². The topological polar surface area (TPSA) is 81.5 Å². The summed E-state index contributed by atoms with van der Waals surface area (Å²) in [6.07, 6.45) is 3.21. The minimum absolute atomic E-state index is 0.0600. The highest BCUT2D eigenvalue weighted by molar-refractivity contribution is 5.80. The molecule has 0 saturated heterocycles. The van der Waals surface area contributed by atoms with Gasteiger partial charge < -0.3 is 9.64 Å². The molecule has 172 valence electrons. The Balaban J connectivity index is 1.32. The minimum atomic E-state index is -0.478. The van der Waals surface area contributed by atoms with Crippen molar-refractivity contribution in [2.24, 2.45) is 0 Å². The Morgan fingerprint density at radius 3 is 2.48 bits per heavy atom. The number of carbonyl (C=O) groups excluding carboxylic acids is 2. The van der Waals surface area contributed by atoms with Crippen molar-refractivity contribution in [2.75, 3.05) is 13.7 Å². The van der Waals surface area contributed by atoms with Gasteiger partial charge in [-0.25, -0.2) is 4.98 Å². The van der Waals surface area contributed by atoms with Gasteiger partial charge in [-0.1, -0.05) is 43.3 Å². The summed E-state index contributed by atoms with van der Waals surface area (Å²) in [7, 11) is 1.69. The first-order valence-corrected chi connectivity index (χ1v) is 11.4. The Hall–Kier alpha value is -3.48. The summed E-state index contributed by atoms with van der Waals surface area (Å²) < 4.78 is 6.93. The maximum Gasteiger partial charge on any atom is 0.306 e. The van der Waals surface area contributed by atoms with Crippen LogP contribution in [0.5, 0.6) is 0 Å². The van der Waals surface area contributed by atoms with E-state index in [0.717, 1.165) is 24.8 Å². The largest absolute Gasteiger partial charge is 0.456 e. The van der Waals surface area contributed by atoms with E-state index in [9.17, 15) is 14.4 Å². The zero-order chi connectivity index (χ0) is 23.4. The number of hydrogen-bond acceptors (Lipinski definition) is 5. The van der Waals surface area contributed by atoms with Crippen LogP contribution in [0.4, 0.5) is 0 Å². The van der Waals surface area contributed by atoms with E-state index in [1.165, 1.54) is 5.56 Å². The van der Waals surface area contributed by atoms with E-state index >= 15 is 0 Å². The Morgan fingerprint density at radius 2 is 1.79 bits per heavy atom. The SMILES string of the molecule is CCc1ccc(CN(C)C(=O)COC(=O)CCc2nc3ccccc3c(=O)n2C2CC2)cc1. The second-order valence-electron chi connectivity index (χ2n) is 8.53. The van der Waals surface area contributed by atoms with Crippen LogP contribution < -0.4 is 5.56 Å². The first kappa shape index (κ1) is 22.7. The number of aromatic nitrogens is 2. The van der Waals surface area contributed by atoms with Gasteiger partial charge in [0.2, 0.25) is 0 Å². The van der Waals surface area contributed by atoms with E-state index in [-0.39, 0.29) is 30.5 Å². The smallest absolute Gasteiger partial charge is 0.306 e. The average Bonchev–Trinajstić information content (AvgIpc) is 3.66. The maximum atomic E-state index is 12.9. The molecule has 0 N–H and O–H groups in total. The molecule has 3 aromatic rings. The van der Waals surface area contributed by atoms with Crippen molar-refractivity contribution < 1.29 is 14.3 Å². The molecular weight excluding hydrogens is 418 g/mol. The molecule has 0 unspecified atom stereocenters. The maximum absolute atomic E-state index is 12.9. The minimum Gasteiger partial charge on any atom is -0.456 e. The molecule has 33 heavy (non-hydrogen) atoms. The molecule has 7 nitrogen and oxygen atoms in total. The Kier molecular flexibility index (Phi) is 6.87. The zero-order valence-electron chi connectivity index (χ0n) is 19.1. The highest BCUT2D eigenvalue weighted by Gasteiger charge is 2.28. The first-order chi connectivity index (χ1) is 16.0. The third-order valence-electron chi connectivity index (χ3n) is 5.98. The number of fused-ring (bicyclic) bond motifs is 1. The van der Waals surface area contributed by atoms with Crippen LogP contribution in [0.1, 0.15) is 49.2 Å². The molecule has 1 saturated carbocycles. The summed E-state index contributed by atoms with van der Waals surface area (Å²) >= 11 is 0. The van der Waals surface area contributed by atoms with Crippen molar-refractivity contribution in [3.8, 4) is 0 Å². The van der Waals surface area contributed by atoms with Crippen LogP contribution in [-0.2, 0) is 33.7 Å². The first-order valence-electron chi connectivity index (χ1n) is 11.4. The molecule has 1 aromatic heterocycles. The fourth-order valence-corrected chi connectivity index (χ4v) is 3.86. The lowest BCUT2D eigenvalue weighted by Crippen LogP contribution is -2.31. The van der Waals surface area contributed by atoms with Crippen molar-refractivity contribution in [3.05, 3.63) is 75.8 Å². The monoisotopic (exact) mass is 447 g/mol. The Labute approximate surface area is 193 Å². The van der Waals surface area contributed by atoms with Crippen LogP contribution in [0, 0.1) is 0 Å². The lowest BCUT2D eigenvalue weighted by Gasteiger charge is -2.17. The number of ether oxygens (including phenoxy) is 1. The molecule has 7 heteroatoms. The molecular formula is C26H29N3O4. The standard InChI is InChI=1S/C26H29N3O4/c1-3-18-8-10-19(11-9-18)16-28(2)24(30)17-33-25(31)15-14-23-27-22-7-5-4-6-21(22)26(32)29(23)20-12-13-20/h4-11,20H,3,12-17H2,1-2H3. The van der Waals surface area contributed by atoms with E-state index < -0.39 is 5.97 Å². The number of amides is 1. The highest BCUT2D eigenvalue weighted by atomic mass is 16.5. The summed E-state index contributed by atoms with van der Waals surface area (Å²) in [5.41, 5.74) is 2.84. The highest BCUT2D eigenvalue weighted by Crippen LogP contribution is 2.34. The van der Waals surface area contributed by atoms with Gasteiger partial charge in [0.25, 0.3) is 11.5 Å². The van der Waals surface area contributed by atoms with Crippen LogP contribution in [0.2, 0.25) is 0 Å². The number of rotatable bonds is 9. The second-order valence-corrected chi connectivity index (χ2v) is 8.53. The van der Waals surface area contributed by atoms with E-state index in [0.29, 0.717) is 29.7 Å². The van der Waals surface area contributed by atoms with Crippen LogP contribution in [0.25, 0.3) is 10.9 Å². The van der Waals surface area contributed by atoms with Crippen LogP contribution in [0.3, 0.4) is 0 Å². The lowest BCUT2D eigenvalue weighted by atomic mass is 10.1. The van der Waals surface area contributed by atoms with E-state index in [1.807, 2.05) is 24.3 Å². The molecule has 2 aromatic carbocycles. The molecule has 1 aliphatic rings. The molecule has 0 atom stereocenters. The quantitative estimate of drug-likeness (QED) is 0.470. The van der Waals surface area contributed by atoms with Crippen molar-refractivity contribution >= 4 is 22.8 Å². The van der Waals surface area contributed by atoms with Crippen molar-refractivity contribution in [3.63, 3.8) is 0 Å². The molecule has 0 aliphatic heterocycles. The molecule has 4 rings (SSSR count). The summed E-state index contributed by atoms with van der Waals surface area (Å²) in [6, 6.07) is 15.5. The predicted molar refractivity (Wildman–Crippen MR) is 126 cm³/mol. The van der Waals surface area contributed by atoms with E-state index in [1.54, 1.807) is 28.6 Å². The van der Waals surface area contributed by atoms with Crippen molar-refractivity contribution in [2.45, 2.75) is 51.6 Å². The zero-order valence-corrected chi connectivity index (χ0v) is 19.1. The number of para-hydroxylation sites is 1. The molecule has 1 fully saturated rings. The molecule has 1 heterocycles. The van der Waals surface area contributed by atoms with Gasteiger partial charge in [0.15, 0.2) is 6.61 Å². The fourth-order valence-electron chi connectivity index (χ4n) is 3.86. The summed E-state index contributed by atoms with van der Waals surface area (Å²) in [5, 5.41) is 0.591. The van der Waals surface area contributed by atoms with E-state index in [2.05, 4.69) is 24.0 Å². The van der Waals surface area contributed by atoms with Gasteiger partial charge in [-0.15, -0.1) is 0 Å². The number of hydrogen-bond donors (Lipinski definition) is 0. The lowest BCUT2D eigenvalue weighted by molar-refractivity contribution is -0.151. The van der Waals surface area contributed by atoms with E-state index in [4.69, 9.17) is 4.74 Å². The number of esters is 1. The average molecular weight is 448 g/mol. The van der Waals surface area contributed by atoms with Gasteiger partial charge in [-0.3, -0.25) is 19.0 Å². The number of likely N-dealkylation sites (N-methyl/N-ethyl adjacent to an activating group) is 1. The summed E-state index contributed by atoms with van der Waals surface area (Å²) in [5.74, 6) is -0.146. The predicted octanol–water partition coefficient (Wildman–Crippen LogP) is 3.43. The molecule has 1 amide bonds. The second kappa shape index (κ2) is 9.98. The van der Waals surface area contributed by atoms with Crippen LogP contribution >= 0.6 is 0 Å². The van der Waals surface area contributed by atoms with Crippen LogP contribution in [-0.4, -0.2) is 40.0 Å². The number of nitrogens with zero attached hydrogens (tertiary/aromatic N) is 3. The van der Waals surface area contributed by atoms with Gasteiger partial charge >= 0.3 is 5.97 Å². The van der Waals surface area contributed by atoms with Gasteiger partial charge in [-0.2, -0.15) is 0 Å². The third kappa shape index (κ3) is 5.48. The van der Waals surface area contributed by atoms with Gasteiger partial charge in [0, 0.05) is 26.1 Å². The van der Waals surface area contributed by atoms with Crippen molar-refractivity contribution in [1.29, 1.82) is 0 Å². The third-order valence-corrected chi connectivity index (χ3v) is 5.98. The fraction of sp³-hybridized carbons (Fsp3) is 0.385. The van der Waals surface area contributed by atoms with Gasteiger partial charge in [0.1, 0.15) is 5.82 Å². The molecule has 0 bridgehead atoms. The Morgan fingerprint density at radius 1 is 1.09 bits per heavy atom. The normalized spacial score (nSPS) is 13.2. The number of benzene rings is 2. The Bertz CT molecular complexity index is 1210. The molecule has 0 radical (unpaired) electrons.